The smallest absolute Gasteiger partial charge is 0.296 e. The largest absolute Gasteiger partial charge is 0.459 e. The zero-order valence-electron chi connectivity index (χ0n) is 21.7. The highest BCUT2D eigenvalue weighted by atomic mass is 19.3. The SMILES string of the molecule is C[C@@H]1OCCN(c2cc(N3CCN(C(=O)c4ccco4)CC3)nc(-n3c(C(F)F)nc4ccccc43)n2)[C@@H]1C. The number of rotatable bonds is 5. The van der Waals surface area contributed by atoms with E-state index in [1.165, 1.54) is 10.8 Å². The van der Waals surface area contributed by atoms with E-state index in [-0.39, 0.29) is 24.0 Å². The molecule has 39 heavy (non-hydrogen) atoms. The minimum atomic E-state index is -2.81. The number of fused-ring (bicyclic) bond motifs is 1. The molecule has 2 atom stereocenters. The number of piperazine rings is 1. The Labute approximate surface area is 223 Å². The number of alkyl halides is 2. The van der Waals surface area contributed by atoms with E-state index in [1.807, 2.05) is 13.0 Å². The Morgan fingerprint density at radius 1 is 0.974 bits per heavy atom. The number of morpholine rings is 1. The summed E-state index contributed by atoms with van der Waals surface area (Å²) in [5.74, 6) is 1.10. The molecule has 0 saturated carbocycles. The number of furan rings is 1. The van der Waals surface area contributed by atoms with Crippen LogP contribution in [0, 0.1) is 0 Å². The number of anilines is 2. The number of benzene rings is 1. The Morgan fingerprint density at radius 2 is 1.74 bits per heavy atom. The van der Waals surface area contributed by atoms with Crippen LogP contribution < -0.4 is 9.80 Å². The molecule has 1 amide bonds. The highest BCUT2D eigenvalue weighted by molar-refractivity contribution is 5.91. The maximum Gasteiger partial charge on any atom is 0.296 e. The Hall–Kier alpha value is -4.06. The minimum Gasteiger partial charge on any atom is -0.459 e. The van der Waals surface area contributed by atoms with E-state index in [4.69, 9.17) is 19.1 Å². The van der Waals surface area contributed by atoms with Gasteiger partial charge in [0.1, 0.15) is 11.6 Å². The number of nitrogens with zero attached hydrogens (tertiary/aromatic N) is 7. The van der Waals surface area contributed by atoms with Gasteiger partial charge in [-0.3, -0.25) is 9.36 Å². The third-order valence-corrected chi connectivity index (χ3v) is 7.47. The average Bonchev–Trinajstić information content (AvgIpc) is 3.63. The minimum absolute atomic E-state index is 0.0196. The zero-order valence-corrected chi connectivity index (χ0v) is 21.7. The van der Waals surface area contributed by atoms with Crippen molar-refractivity contribution in [1.29, 1.82) is 0 Å². The summed E-state index contributed by atoms with van der Waals surface area (Å²) in [6.45, 7) is 7.18. The number of carbonyl (C=O) groups excluding carboxylic acids is 1. The number of halogens is 2. The van der Waals surface area contributed by atoms with Gasteiger partial charge in [-0.25, -0.2) is 13.8 Å². The van der Waals surface area contributed by atoms with Crippen LogP contribution in [-0.4, -0.2) is 81.8 Å². The van der Waals surface area contributed by atoms with E-state index in [0.717, 1.165) is 0 Å². The lowest BCUT2D eigenvalue weighted by Gasteiger charge is -2.39. The Balaban J connectivity index is 1.39. The molecule has 0 aliphatic carbocycles. The van der Waals surface area contributed by atoms with Crippen molar-refractivity contribution in [2.75, 3.05) is 49.1 Å². The maximum atomic E-state index is 14.2. The van der Waals surface area contributed by atoms with Crippen LogP contribution in [0.4, 0.5) is 20.4 Å². The monoisotopic (exact) mass is 537 g/mol. The summed E-state index contributed by atoms with van der Waals surface area (Å²) in [6.07, 6.45) is -1.36. The van der Waals surface area contributed by atoms with Gasteiger partial charge in [0.05, 0.1) is 36.0 Å². The fraction of sp³-hybridized carbons (Fsp3) is 0.407. The van der Waals surface area contributed by atoms with Gasteiger partial charge in [-0.15, -0.1) is 0 Å². The van der Waals surface area contributed by atoms with Crippen LogP contribution in [0.25, 0.3) is 17.0 Å². The van der Waals surface area contributed by atoms with Crippen LogP contribution >= 0.6 is 0 Å². The summed E-state index contributed by atoms with van der Waals surface area (Å²) >= 11 is 0. The summed E-state index contributed by atoms with van der Waals surface area (Å²) in [5.41, 5.74) is 0.954. The Kier molecular flexibility index (Phi) is 6.63. The molecule has 5 heterocycles. The summed E-state index contributed by atoms with van der Waals surface area (Å²) in [6, 6.07) is 12.2. The predicted molar refractivity (Wildman–Crippen MR) is 141 cm³/mol. The zero-order chi connectivity index (χ0) is 27.1. The first-order valence-corrected chi connectivity index (χ1v) is 13.0. The lowest BCUT2D eigenvalue weighted by molar-refractivity contribution is 0.0281. The predicted octanol–water partition coefficient (Wildman–Crippen LogP) is 3.92. The molecule has 0 spiro atoms. The molecule has 2 saturated heterocycles. The van der Waals surface area contributed by atoms with Crippen molar-refractivity contribution in [2.45, 2.75) is 32.4 Å². The van der Waals surface area contributed by atoms with E-state index < -0.39 is 12.2 Å². The van der Waals surface area contributed by atoms with Crippen LogP contribution in [-0.2, 0) is 4.74 Å². The molecule has 204 valence electrons. The number of ether oxygens (including phenoxy) is 1. The Morgan fingerprint density at radius 3 is 2.49 bits per heavy atom. The molecule has 1 aromatic carbocycles. The van der Waals surface area contributed by atoms with Crippen LogP contribution in [0.3, 0.4) is 0 Å². The van der Waals surface area contributed by atoms with Gasteiger partial charge >= 0.3 is 0 Å². The fourth-order valence-electron chi connectivity index (χ4n) is 5.17. The van der Waals surface area contributed by atoms with Crippen molar-refractivity contribution in [3.8, 4) is 5.95 Å². The topological polar surface area (TPSA) is 92.8 Å². The van der Waals surface area contributed by atoms with Crippen molar-refractivity contribution in [1.82, 2.24) is 24.4 Å². The third kappa shape index (κ3) is 4.69. The number of hydrogen-bond acceptors (Lipinski definition) is 8. The normalized spacial score (nSPS) is 20.3. The van der Waals surface area contributed by atoms with E-state index in [1.54, 1.807) is 41.3 Å². The molecular formula is C27H29F2N7O3. The van der Waals surface area contributed by atoms with Crippen molar-refractivity contribution in [2.24, 2.45) is 0 Å². The number of aromatic nitrogens is 4. The van der Waals surface area contributed by atoms with Crippen molar-refractivity contribution < 1.29 is 22.7 Å². The number of imidazole rings is 1. The van der Waals surface area contributed by atoms with E-state index in [9.17, 15) is 13.6 Å². The fourth-order valence-corrected chi connectivity index (χ4v) is 5.17. The van der Waals surface area contributed by atoms with E-state index in [2.05, 4.69) is 21.7 Å². The van der Waals surface area contributed by atoms with Gasteiger partial charge in [0.25, 0.3) is 12.3 Å². The summed E-state index contributed by atoms with van der Waals surface area (Å²) in [7, 11) is 0. The second kappa shape index (κ2) is 10.3. The Bertz CT molecular complexity index is 1470. The van der Waals surface area contributed by atoms with Gasteiger partial charge in [0, 0.05) is 38.8 Å². The highest BCUT2D eigenvalue weighted by Crippen LogP contribution is 2.31. The van der Waals surface area contributed by atoms with Gasteiger partial charge in [-0.05, 0) is 38.1 Å². The standard InChI is InChI=1S/C27H29F2N7O3/c1-17-18(2)38-15-13-35(17)23-16-22(33-9-11-34(12-10-33)26(37)21-8-5-14-39-21)31-27(32-23)36-20-7-4-3-6-19(20)30-25(36)24(28)29/h3-8,14,16-18,24H,9-13,15H2,1-2H3/t17-,18+/m1/s1. The molecule has 0 radical (unpaired) electrons. The van der Waals surface area contributed by atoms with Gasteiger partial charge in [-0.2, -0.15) is 9.97 Å². The first-order valence-electron chi connectivity index (χ1n) is 13.0. The summed E-state index contributed by atoms with van der Waals surface area (Å²) < 4.78 is 40.8. The highest BCUT2D eigenvalue weighted by Gasteiger charge is 2.30. The second-order valence-electron chi connectivity index (χ2n) is 9.75. The second-order valence-corrected chi connectivity index (χ2v) is 9.75. The molecule has 10 nitrogen and oxygen atoms in total. The molecular weight excluding hydrogens is 508 g/mol. The average molecular weight is 538 g/mol. The number of para-hydroxylation sites is 2. The van der Waals surface area contributed by atoms with Crippen LogP contribution in [0.5, 0.6) is 0 Å². The van der Waals surface area contributed by atoms with Gasteiger partial charge in [-0.1, -0.05) is 12.1 Å². The van der Waals surface area contributed by atoms with Crippen molar-refractivity contribution in [3.05, 3.63) is 60.3 Å². The molecule has 2 fully saturated rings. The lowest BCUT2D eigenvalue weighted by atomic mass is 10.1. The van der Waals surface area contributed by atoms with Gasteiger partial charge < -0.3 is 23.9 Å². The molecule has 0 unspecified atom stereocenters. The maximum absolute atomic E-state index is 14.2. The first-order chi connectivity index (χ1) is 18.9. The quantitative estimate of drug-likeness (QED) is 0.378. The van der Waals surface area contributed by atoms with Gasteiger partial charge in [0.2, 0.25) is 5.95 Å². The molecule has 3 aromatic heterocycles. The summed E-state index contributed by atoms with van der Waals surface area (Å²) in [5, 5.41) is 0. The summed E-state index contributed by atoms with van der Waals surface area (Å²) in [4.78, 5) is 32.4. The van der Waals surface area contributed by atoms with Crippen LogP contribution in [0.1, 0.15) is 36.7 Å². The molecule has 12 heteroatoms. The first kappa shape index (κ1) is 25.2. The number of hydrogen-bond donors (Lipinski definition) is 0. The van der Waals surface area contributed by atoms with E-state index >= 15 is 0 Å². The number of carbonyl (C=O) groups is 1. The van der Waals surface area contributed by atoms with E-state index in [0.29, 0.717) is 67.8 Å². The molecule has 2 aliphatic heterocycles. The van der Waals surface area contributed by atoms with Crippen LogP contribution in [0.15, 0.2) is 53.1 Å². The van der Waals surface area contributed by atoms with Crippen molar-refractivity contribution in [3.63, 3.8) is 0 Å². The van der Waals surface area contributed by atoms with Crippen LogP contribution in [0.2, 0.25) is 0 Å². The molecule has 2 aliphatic rings. The third-order valence-electron chi connectivity index (χ3n) is 7.47. The lowest BCUT2D eigenvalue weighted by Crippen LogP contribution is -2.50. The molecule has 4 aromatic rings. The molecule has 6 rings (SSSR count). The van der Waals surface area contributed by atoms with Gasteiger partial charge in [0.15, 0.2) is 11.6 Å². The van der Waals surface area contributed by atoms with Crippen molar-refractivity contribution >= 4 is 28.6 Å². The molecule has 0 N–H and O–H groups in total. The number of amides is 1. The molecule has 0 bridgehead atoms.